The number of ether oxygens (including phenoxy) is 1. The Morgan fingerprint density at radius 2 is 1.88 bits per heavy atom. The van der Waals surface area contributed by atoms with Crippen molar-refractivity contribution in [1.82, 2.24) is 9.55 Å². The number of benzene rings is 1. The number of hydrogen-bond donors (Lipinski definition) is 3. The Labute approximate surface area is 250 Å². The first-order chi connectivity index (χ1) is 19.1. The van der Waals surface area contributed by atoms with Crippen LogP contribution in [-0.4, -0.2) is 61.5 Å². The van der Waals surface area contributed by atoms with E-state index in [-0.39, 0.29) is 10.8 Å². The highest BCUT2D eigenvalue weighted by Crippen LogP contribution is 2.54. The van der Waals surface area contributed by atoms with Crippen LogP contribution in [0, 0.1) is 17.7 Å². The number of anilines is 1. The molecule has 2 aromatic rings. The fourth-order valence-electron chi connectivity index (χ4n) is 5.36. The number of aryl methyl sites for hydroxylation is 1. The minimum atomic E-state index is -0.961. The molecule has 0 spiro atoms. The molecule has 41 heavy (non-hydrogen) atoms. The van der Waals surface area contributed by atoms with Gasteiger partial charge in [0.25, 0.3) is 0 Å². The summed E-state index contributed by atoms with van der Waals surface area (Å²) < 4.78 is 30.2. The molecule has 0 aliphatic heterocycles. The van der Waals surface area contributed by atoms with Crippen molar-refractivity contribution >= 4 is 40.5 Å². The zero-order valence-corrected chi connectivity index (χ0v) is 26.9. The molecule has 232 valence electrons. The number of primary amides is 1. The lowest BCUT2D eigenvalue weighted by molar-refractivity contribution is 0.0597. The number of fused-ring (bicyclic) bond motifs is 1. The van der Waals surface area contributed by atoms with Crippen molar-refractivity contribution in [2.24, 2.45) is 24.6 Å². The van der Waals surface area contributed by atoms with Crippen molar-refractivity contribution in [2.45, 2.75) is 77.4 Å². The number of rotatable bonds is 5. The van der Waals surface area contributed by atoms with Gasteiger partial charge >= 0.3 is 6.09 Å². The molecule has 1 aromatic heterocycles. The van der Waals surface area contributed by atoms with Gasteiger partial charge in [-0.2, -0.15) is 0 Å². The molecular weight excluding hydrogens is 571 g/mol. The van der Waals surface area contributed by atoms with Gasteiger partial charge in [-0.3, -0.25) is 9.00 Å². The normalized spacial score (nSPS) is 23.3. The molecule has 2 aliphatic carbocycles. The summed E-state index contributed by atoms with van der Waals surface area (Å²) in [6.45, 7) is 9.28. The lowest BCUT2D eigenvalue weighted by Gasteiger charge is -2.23. The number of halogens is 2. The van der Waals surface area contributed by atoms with E-state index >= 15 is 0 Å². The van der Waals surface area contributed by atoms with E-state index in [2.05, 4.69) is 15.0 Å². The first kappa shape index (κ1) is 36.5. The van der Waals surface area contributed by atoms with Crippen molar-refractivity contribution in [3.63, 3.8) is 0 Å². The number of aliphatic hydroxyl groups is 1. The van der Waals surface area contributed by atoms with Gasteiger partial charge in [0.2, 0.25) is 0 Å². The topological polar surface area (TPSA) is 137 Å². The van der Waals surface area contributed by atoms with Gasteiger partial charge in [0.05, 0.1) is 28.4 Å². The number of hydrogen-bond acceptors (Lipinski definition) is 7. The van der Waals surface area contributed by atoms with Crippen molar-refractivity contribution in [2.75, 3.05) is 24.4 Å². The molecule has 4 rings (SSSR count). The Balaban J connectivity index is 0.000000351. The standard InChI is InChI=1S/C15H22N2O3S.C7H7ClFN.C5H11NO2.C2H6/c1-17-9-16-14(13(17)7-18)10-3-11-5-15(19,8-21(2)20)6-12(11)4-10;1-10-5-2-3-7(9)6(8)4-5;1-5(2,3)8-4(6)7;1-2/h7,9-12,19H,3-6,8H2,1-2H3;2-4,10H,1H3;1-3H3,(H2,6,7);1-2H3. The van der Waals surface area contributed by atoms with Gasteiger partial charge in [0.15, 0.2) is 6.29 Å². The van der Waals surface area contributed by atoms with E-state index < -0.39 is 28.1 Å². The molecule has 2 fully saturated rings. The van der Waals surface area contributed by atoms with Crippen LogP contribution in [0.15, 0.2) is 24.5 Å². The number of aldehydes is 1. The number of nitrogens with one attached hydrogen (secondary N) is 1. The summed E-state index contributed by atoms with van der Waals surface area (Å²) in [6.07, 6.45) is 6.92. The Bertz CT molecular complexity index is 1160. The third kappa shape index (κ3) is 11.7. The maximum Gasteiger partial charge on any atom is 0.405 e. The second-order valence-electron chi connectivity index (χ2n) is 11.2. The summed E-state index contributed by atoms with van der Waals surface area (Å²) >= 11 is 5.48. The Morgan fingerprint density at radius 3 is 2.27 bits per heavy atom. The van der Waals surface area contributed by atoms with Gasteiger partial charge < -0.3 is 25.5 Å². The molecular formula is C29H46ClFN4O5S. The smallest absolute Gasteiger partial charge is 0.405 e. The van der Waals surface area contributed by atoms with Gasteiger partial charge in [-0.1, -0.05) is 25.4 Å². The average molecular weight is 617 g/mol. The van der Waals surface area contributed by atoms with E-state index in [1.165, 1.54) is 12.1 Å². The zero-order valence-electron chi connectivity index (χ0n) is 25.4. The number of nitrogens with zero attached hydrogens (tertiary/aromatic N) is 2. The minimum absolute atomic E-state index is 0.145. The van der Waals surface area contributed by atoms with Crippen molar-refractivity contribution in [3.05, 3.63) is 46.8 Å². The van der Waals surface area contributed by atoms with E-state index in [0.29, 0.717) is 29.2 Å². The van der Waals surface area contributed by atoms with Gasteiger partial charge in [-0.25, -0.2) is 14.2 Å². The fraction of sp³-hybridized carbons (Fsp3) is 0.621. The first-order valence-corrected chi connectivity index (χ1v) is 15.8. The largest absolute Gasteiger partial charge is 0.444 e. The minimum Gasteiger partial charge on any atom is -0.444 e. The molecule has 0 bridgehead atoms. The first-order valence-electron chi connectivity index (χ1n) is 13.7. The number of carbonyl (C=O) groups excluding carboxylic acids is 2. The highest BCUT2D eigenvalue weighted by atomic mass is 35.5. The maximum absolute atomic E-state index is 12.5. The molecule has 3 unspecified atom stereocenters. The molecule has 1 amide bonds. The van der Waals surface area contributed by atoms with E-state index in [9.17, 15) is 23.3 Å². The summed E-state index contributed by atoms with van der Waals surface area (Å²) in [4.78, 5) is 25.6. The number of amides is 1. The van der Waals surface area contributed by atoms with Gasteiger partial charge in [-0.05, 0) is 76.5 Å². The van der Waals surface area contributed by atoms with Crippen LogP contribution in [0.4, 0.5) is 14.9 Å². The molecule has 2 aliphatic rings. The summed E-state index contributed by atoms with van der Waals surface area (Å²) in [5.74, 6) is 1.24. The van der Waals surface area contributed by atoms with Crippen LogP contribution in [0.1, 0.15) is 82.4 Å². The van der Waals surface area contributed by atoms with Crippen LogP contribution < -0.4 is 11.1 Å². The van der Waals surface area contributed by atoms with Crippen LogP contribution in [0.3, 0.4) is 0 Å². The van der Waals surface area contributed by atoms with Crippen LogP contribution in [0.5, 0.6) is 0 Å². The van der Waals surface area contributed by atoms with Crippen LogP contribution in [0.25, 0.3) is 0 Å². The predicted molar refractivity (Wildman–Crippen MR) is 163 cm³/mol. The number of imidazole rings is 1. The Hall–Kier alpha value is -2.50. The monoisotopic (exact) mass is 616 g/mol. The van der Waals surface area contributed by atoms with Crippen molar-refractivity contribution in [3.8, 4) is 0 Å². The van der Waals surface area contributed by atoms with Crippen molar-refractivity contribution < 1.29 is 28.0 Å². The van der Waals surface area contributed by atoms with Crippen LogP contribution in [0.2, 0.25) is 5.02 Å². The van der Waals surface area contributed by atoms with Gasteiger partial charge in [0.1, 0.15) is 17.1 Å². The summed E-state index contributed by atoms with van der Waals surface area (Å²) in [7, 11) is 2.63. The van der Waals surface area contributed by atoms with E-state index in [0.717, 1.165) is 43.4 Å². The zero-order chi connectivity index (χ0) is 31.5. The van der Waals surface area contributed by atoms with E-state index in [1.54, 1.807) is 51.0 Å². The van der Waals surface area contributed by atoms with E-state index in [1.807, 2.05) is 20.9 Å². The molecule has 1 heterocycles. The number of nitrogens with two attached hydrogens (primary N) is 1. The summed E-state index contributed by atoms with van der Waals surface area (Å²) in [5, 5.41) is 13.5. The van der Waals surface area contributed by atoms with Gasteiger partial charge in [-0.15, -0.1) is 0 Å². The second kappa shape index (κ2) is 16.2. The highest BCUT2D eigenvalue weighted by molar-refractivity contribution is 7.84. The molecule has 2 saturated carbocycles. The summed E-state index contributed by atoms with van der Waals surface area (Å²) in [6, 6.07) is 4.49. The molecule has 12 heteroatoms. The molecule has 1 aromatic carbocycles. The fourth-order valence-corrected chi connectivity index (χ4v) is 6.53. The van der Waals surface area contributed by atoms with Crippen molar-refractivity contribution in [1.29, 1.82) is 0 Å². The highest BCUT2D eigenvalue weighted by Gasteiger charge is 2.49. The quantitative estimate of drug-likeness (QED) is 0.368. The third-order valence-electron chi connectivity index (χ3n) is 6.72. The van der Waals surface area contributed by atoms with Gasteiger partial charge in [0, 0.05) is 42.8 Å². The van der Waals surface area contributed by atoms with E-state index in [4.69, 9.17) is 17.3 Å². The predicted octanol–water partition coefficient (Wildman–Crippen LogP) is 5.67. The second-order valence-corrected chi connectivity index (χ2v) is 13.0. The molecule has 0 radical (unpaired) electrons. The van der Waals surface area contributed by atoms with Crippen LogP contribution in [-0.2, 0) is 22.6 Å². The molecule has 3 atom stereocenters. The molecule has 0 saturated heterocycles. The number of aromatic nitrogens is 2. The average Bonchev–Trinajstić information content (AvgIpc) is 3.51. The molecule has 4 N–H and O–H groups in total. The molecule has 9 nitrogen and oxygen atoms in total. The third-order valence-corrected chi connectivity index (χ3v) is 7.96. The Kier molecular flexibility index (Phi) is 14.4. The lowest BCUT2D eigenvalue weighted by Crippen LogP contribution is -2.32. The lowest BCUT2D eigenvalue weighted by atomic mass is 9.93. The maximum atomic E-state index is 12.5. The number of carbonyl (C=O) groups is 2. The van der Waals surface area contributed by atoms with Crippen LogP contribution >= 0.6 is 11.6 Å². The summed E-state index contributed by atoms with van der Waals surface area (Å²) in [5.41, 5.74) is 5.90. The SMILES string of the molecule is CC.CC(C)(C)OC(N)=O.CNc1ccc(F)c(Cl)c1.Cn1cnc(C2CC3CC(O)(CS(C)=O)CC3C2)c1C=O. The Morgan fingerprint density at radius 1 is 1.32 bits per heavy atom.